The highest BCUT2D eigenvalue weighted by Crippen LogP contribution is 2.32. The van der Waals surface area contributed by atoms with Crippen molar-refractivity contribution < 1.29 is 13.9 Å². The Hall–Kier alpha value is 0.894. The molecular formula is C11H26Cl2O3Si2. The zero-order chi connectivity index (χ0) is 14.2. The van der Waals surface area contributed by atoms with Crippen molar-refractivity contribution in [3.8, 4) is 0 Å². The van der Waals surface area contributed by atoms with E-state index in [4.69, 9.17) is 37.1 Å². The molecule has 0 aliphatic rings. The third kappa shape index (κ3) is 5.48. The van der Waals surface area contributed by atoms with Gasteiger partial charge in [0.15, 0.2) is 8.32 Å². The number of hydrogen-bond donors (Lipinski definition) is 0. The maximum Gasteiger partial charge on any atom is 0.187 e. The van der Waals surface area contributed by atoms with Gasteiger partial charge in [-0.25, -0.2) is 0 Å². The summed E-state index contributed by atoms with van der Waals surface area (Å²) < 4.78 is 16.9. The van der Waals surface area contributed by atoms with Crippen molar-refractivity contribution in [2.24, 2.45) is 0 Å². The van der Waals surface area contributed by atoms with Crippen LogP contribution in [0, 0.1) is 0 Å². The lowest BCUT2D eigenvalue weighted by molar-refractivity contribution is -0.0475. The van der Waals surface area contributed by atoms with Crippen molar-refractivity contribution in [3.05, 3.63) is 0 Å². The van der Waals surface area contributed by atoms with Crippen molar-refractivity contribution in [1.29, 1.82) is 0 Å². The third-order valence-corrected chi connectivity index (χ3v) is 14.4. The monoisotopic (exact) mass is 332 g/mol. The summed E-state index contributed by atoms with van der Waals surface area (Å²) in [5.74, 6) is 0.470. The van der Waals surface area contributed by atoms with Crippen molar-refractivity contribution in [3.63, 3.8) is 0 Å². The third-order valence-electron chi connectivity index (χ3n) is 3.34. The molecule has 0 amide bonds. The summed E-state index contributed by atoms with van der Waals surface area (Å²) in [6, 6.07) is 0. The van der Waals surface area contributed by atoms with Gasteiger partial charge in [0.1, 0.15) is 14.7 Å². The fourth-order valence-electron chi connectivity index (χ4n) is 2.49. The van der Waals surface area contributed by atoms with Crippen LogP contribution in [0.5, 0.6) is 0 Å². The molecule has 7 heteroatoms. The first kappa shape index (κ1) is 18.9. The first-order chi connectivity index (χ1) is 8.48. The van der Waals surface area contributed by atoms with Crippen LogP contribution in [0.1, 0.15) is 13.3 Å². The van der Waals surface area contributed by atoms with Crippen LogP contribution in [0.2, 0.25) is 18.3 Å². The number of ether oxygens (including phenoxy) is 2. The molecule has 0 saturated carbocycles. The van der Waals surface area contributed by atoms with Gasteiger partial charge in [-0.05, 0) is 31.6 Å². The van der Waals surface area contributed by atoms with Crippen LogP contribution in [-0.4, -0.2) is 55.2 Å². The van der Waals surface area contributed by atoms with Crippen molar-refractivity contribution in [1.82, 2.24) is 0 Å². The molecule has 2 atom stereocenters. The van der Waals surface area contributed by atoms with Crippen LogP contribution in [0.3, 0.4) is 0 Å². The van der Waals surface area contributed by atoms with E-state index in [0.29, 0.717) is 16.5 Å². The molecule has 18 heavy (non-hydrogen) atoms. The molecule has 0 radical (unpaired) electrons. The number of methoxy groups -OCH3 is 2. The van der Waals surface area contributed by atoms with Crippen molar-refractivity contribution in [2.75, 3.05) is 32.2 Å². The Morgan fingerprint density at radius 2 is 1.72 bits per heavy atom. The minimum absolute atomic E-state index is 0.164. The largest absolute Gasteiger partial charge is 0.418 e. The molecule has 0 saturated heterocycles. The molecule has 0 N–H and O–H groups in total. The first-order valence-corrected chi connectivity index (χ1v) is 12.5. The maximum atomic E-state index is 6.18. The Balaban J connectivity index is 5.02. The molecule has 3 nitrogen and oxygen atoms in total. The van der Waals surface area contributed by atoms with Crippen molar-refractivity contribution in [2.45, 2.75) is 37.5 Å². The van der Waals surface area contributed by atoms with Crippen LogP contribution in [0.15, 0.2) is 0 Å². The van der Waals surface area contributed by atoms with Gasteiger partial charge in [-0.2, -0.15) is 0 Å². The van der Waals surface area contributed by atoms with Gasteiger partial charge in [-0.1, -0.05) is 0 Å². The summed E-state index contributed by atoms with van der Waals surface area (Å²) >= 11 is 12.1. The van der Waals surface area contributed by atoms with E-state index >= 15 is 0 Å². The van der Waals surface area contributed by atoms with Gasteiger partial charge in [-0.3, -0.25) is 0 Å². The Labute approximate surface area is 124 Å². The summed E-state index contributed by atoms with van der Waals surface area (Å²) in [5.41, 5.74) is 0.622. The van der Waals surface area contributed by atoms with Crippen LogP contribution in [0.25, 0.3) is 0 Å². The highest BCUT2D eigenvalue weighted by molar-refractivity contribution is 6.89. The Morgan fingerprint density at radius 3 is 2.06 bits per heavy atom. The second-order valence-corrected chi connectivity index (χ2v) is 14.0. The minimum Gasteiger partial charge on any atom is -0.418 e. The Morgan fingerprint density at radius 1 is 1.17 bits per heavy atom. The molecular weight excluding hydrogens is 307 g/mol. The minimum atomic E-state index is -1.80. The van der Waals surface area contributed by atoms with Gasteiger partial charge in [0.05, 0.1) is 0 Å². The number of rotatable bonds is 10. The SMILES string of the molecule is CCO[Si](C)(C)C(CCCl)[SiH](CCl)C(OC)OC. The predicted octanol–water partition coefficient (Wildman–Crippen LogP) is 2.93. The van der Waals surface area contributed by atoms with E-state index in [-0.39, 0.29) is 5.91 Å². The average Bonchev–Trinajstić information content (AvgIpc) is 2.33. The molecule has 0 spiro atoms. The molecule has 0 aliphatic carbocycles. The van der Waals surface area contributed by atoms with Crippen LogP contribution < -0.4 is 0 Å². The quantitative estimate of drug-likeness (QED) is 0.349. The Kier molecular flexibility index (Phi) is 10.2. The molecule has 110 valence electrons. The second kappa shape index (κ2) is 9.74. The summed E-state index contributed by atoms with van der Waals surface area (Å²) in [4.78, 5) is 0. The highest BCUT2D eigenvalue weighted by Gasteiger charge is 2.42. The van der Waals surface area contributed by atoms with Gasteiger partial charge in [0.2, 0.25) is 0 Å². The lowest BCUT2D eigenvalue weighted by atomic mass is 10.6. The smallest absolute Gasteiger partial charge is 0.187 e. The van der Waals surface area contributed by atoms with E-state index in [9.17, 15) is 0 Å². The summed E-state index contributed by atoms with van der Waals surface area (Å²) in [6.07, 6.45) is 0.938. The molecule has 0 heterocycles. The van der Waals surface area contributed by atoms with E-state index < -0.39 is 17.1 Å². The lowest BCUT2D eigenvalue weighted by Gasteiger charge is -2.38. The van der Waals surface area contributed by atoms with E-state index in [2.05, 4.69) is 13.1 Å². The number of alkyl halides is 2. The summed E-state index contributed by atoms with van der Waals surface area (Å²) in [7, 11) is 0.105. The van der Waals surface area contributed by atoms with Crippen molar-refractivity contribution >= 4 is 40.3 Å². The molecule has 0 aliphatic heterocycles. The summed E-state index contributed by atoms with van der Waals surface area (Å²) in [5, 5.41) is 0.456. The van der Waals surface area contributed by atoms with E-state index in [1.165, 1.54) is 0 Å². The number of hydrogen-bond acceptors (Lipinski definition) is 3. The fraction of sp³-hybridized carbons (Fsp3) is 1.00. The van der Waals surface area contributed by atoms with Gasteiger partial charge in [0.25, 0.3) is 0 Å². The maximum absolute atomic E-state index is 6.18. The zero-order valence-corrected chi connectivity index (χ0v) is 15.7. The van der Waals surface area contributed by atoms with Crippen LogP contribution in [-0.2, 0) is 13.9 Å². The molecule has 2 unspecified atom stereocenters. The second-order valence-electron chi connectivity index (χ2n) is 4.78. The first-order valence-electron chi connectivity index (χ1n) is 6.29. The molecule has 0 fully saturated rings. The van der Waals surface area contributed by atoms with Gasteiger partial charge < -0.3 is 13.9 Å². The molecule has 0 aromatic rings. The lowest BCUT2D eigenvalue weighted by Crippen LogP contribution is -2.52. The average molecular weight is 333 g/mol. The topological polar surface area (TPSA) is 27.7 Å². The number of halogens is 2. The van der Waals surface area contributed by atoms with E-state index in [1.54, 1.807) is 14.2 Å². The standard InChI is InChI=1S/C11H26Cl2O3Si2/c1-6-16-18(4,5)10(7-8-12)17(9-13)11(14-2)15-3/h10-11,17H,6-9H2,1-5H3. The molecule has 0 rings (SSSR count). The van der Waals surface area contributed by atoms with Gasteiger partial charge in [-0.15, -0.1) is 23.2 Å². The van der Waals surface area contributed by atoms with Crippen LogP contribution >= 0.6 is 23.2 Å². The zero-order valence-electron chi connectivity index (χ0n) is 12.0. The molecule has 0 aromatic carbocycles. The van der Waals surface area contributed by atoms with Gasteiger partial charge in [0, 0.05) is 32.2 Å². The molecule has 0 aromatic heterocycles. The Bertz CT molecular complexity index is 216. The fourth-order valence-corrected chi connectivity index (χ4v) is 13.7. The predicted molar refractivity (Wildman–Crippen MR) is 83.9 cm³/mol. The van der Waals surface area contributed by atoms with Crippen LogP contribution in [0.4, 0.5) is 0 Å². The highest BCUT2D eigenvalue weighted by atomic mass is 35.5. The van der Waals surface area contributed by atoms with E-state index in [0.717, 1.165) is 13.0 Å². The normalized spacial score (nSPS) is 16.0. The molecule has 0 bridgehead atoms. The van der Waals surface area contributed by atoms with Gasteiger partial charge >= 0.3 is 0 Å². The summed E-state index contributed by atoms with van der Waals surface area (Å²) in [6.45, 7) is 7.26. The van der Waals surface area contributed by atoms with E-state index in [1.807, 2.05) is 6.92 Å².